The van der Waals surface area contributed by atoms with Crippen molar-refractivity contribution in [3.8, 4) is 0 Å². The molecule has 0 heterocycles. The quantitative estimate of drug-likeness (QED) is 0.861. The van der Waals surface area contributed by atoms with Gasteiger partial charge in [0.25, 0.3) is 5.97 Å². The molecule has 20 heavy (non-hydrogen) atoms. The number of aryl methyl sites for hydroxylation is 1. The molecule has 0 amide bonds. The summed E-state index contributed by atoms with van der Waals surface area (Å²) in [6.07, 6.45) is 2.97. The Morgan fingerprint density at radius 1 is 1.05 bits per heavy atom. The van der Waals surface area contributed by atoms with E-state index < -0.39 is 5.97 Å². The van der Waals surface area contributed by atoms with Crippen molar-refractivity contribution in [2.75, 3.05) is 0 Å². The third-order valence-electron chi connectivity index (χ3n) is 2.29. The van der Waals surface area contributed by atoms with Gasteiger partial charge in [-0.1, -0.05) is 80.2 Å². The molecule has 2 aromatic carbocycles. The van der Waals surface area contributed by atoms with Crippen molar-refractivity contribution in [3.05, 3.63) is 78.4 Å². The standard InChI is InChI=1S/C8H10.C8H8.C2H4O2/c2*1-2-8-6-4-3-5-7-8;1-2(3)4/h3-7H,2H2,1H3;2-7H,1H2;1H3,(H,3,4). The van der Waals surface area contributed by atoms with Gasteiger partial charge in [0.15, 0.2) is 0 Å². The maximum Gasteiger partial charge on any atom is 0.300 e. The fourth-order valence-electron chi connectivity index (χ4n) is 1.30. The lowest BCUT2D eigenvalue weighted by Gasteiger charge is -1.89. The fraction of sp³-hybridized carbons (Fsp3) is 0.167. The van der Waals surface area contributed by atoms with Crippen molar-refractivity contribution in [2.24, 2.45) is 0 Å². The Balaban J connectivity index is 0.000000289. The van der Waals surface area contributed by atoms with Crippen molar-refractivity contribution in [2.45, 2.75) is 20.3 Å². The number of benzene rings is 2. The van der Waals surface area contributed by atoms with Gasteiger partial charge in [-0.05, 0) is 17.5 Å². The van der Waals surface area contributed by atoms with Gasteiger partial charge in [0, 0.05) is 6.92 Å². The zero-order valence-electron chi connectivity index (χ0n) is 12.1. The summed E-state index contributed by atoms with van der Waals surface area (Å²) in [6, 6.07) is 20.5. The molecule has 2 heteroatoms. The third kappa shape index (κ3) is 10.8. The molecule has 2 nitrogen and oxygen atoms in total. The van der Waals surface area contributed by atoms with Crippen LogP contribution >= 0.6 is 0 Å². The molecule has 0 radical (unpaired) electrons. The molecule has 0 aliphatic heterocycles. The monoisotopic (exact) mass is 270 g/mol. The smallest absolute Gasteiger partial charge is 0.300 e. The molecule has 2 aromatic rings. The van der Waals surface area contributed by atoms with Gasteiger partial charge in [0.2, 0.25) is 0 Å². The average molecular weight is 270 g/mol. The molecule has 0 bridgehead atoms. The fourth-order valence-corrected chi connectivity index (χ4v) is 1.30. The highest BCUT2D eigenvalue weighted by Crippen LogP contribution is 1.97. The predicted octanol–water partition coefficient (Wildman–Crippen LogP) is 4.67. The lowest BCUT2D eigenvalue weighted by Crippen LogP contribution is -1.78. The number of carbonyl (C=O) groups is 1. The summed E-state index contributed by atoms with van der Waals surface area (Å²) in [5.74, 6) is -0.833. The lowest BCUT2D eigenvalue weighted by molar-refractivity contribution is -0.134. The van der Waals surface area contributed by atoms with E-state index in [1.807, 2.05) is 42.5 Å². The molecule has 0 aliphatic rings. The summed E-state index contributed by atoms with van der Waals surface area (Å²) in [4.78, 5) is 9.00. The first-order valence-corrected chi connectivity index (χ1v) is 6.51. The van der Waals surface area contributed by atoms with Gasteiger partial charge in [0.05, 0.1) is 0 Å². The first kappa shape index (κ1) is 17.6. The maximum atomic E-state index is 9.00. The van der Waals surface area contributed by atoms with Crippen molar-refractivity contribution in [1.29, 1.82) is 0 Å². The van der Waals surface area contributed by atoms with Crippen LogP contribution in [0.5, 0.6) is 0 Å². The Bertz CT molecular complexity index is 471. The van der Waals surface area contributed by atoms with E-state index in [0.717, 1.165) is 13.3 Å². The second kappa shape index (κ2) is 11.7. The molecular weight excluding hydrogens is 248 g/mol. The molecule has 2 rings (SSSR count). The second-order valence-corrected chi connectivity index (χ2v) is 3.97. The SMILES string of the molecule is C=Cc1ccccc1.CC(=O)O.CCc1ccccc1. The van der Waals surface area contributed by atoms with Crippen LogP contribution < -0.4 is 0 Å². The summed E-state index contributed by atoms with van der Waals surface area (Å²) in [6.45, 7) is 6.88. The van der Waals surface area contributed by atoms with E-state index in [9.17, 15) is 0 Å². The first-order valence-electron chi connectivity index (χ1n) is 6.51. The van der Waals surface area contributed by atoms with Gasteiger partial charge >= 0.3 is 0 Å². The van der Waals surface area contributed by atoms with Crippen molar-refractivity contribution < 1.29 is 9.90 Å². The van der Waals surface area contributed by atoms with Crippen LogP contribution in [0.4, 0.5) is 0 Å². The van der Waals surface area contributed by atoms with Crippen LogP contribution in [0.2, 0.25) is 0 Å². The van der Waals surface area contributed by atoms with Gasteiger partial charge in [-0.3, -0.25) is 4.79 Å². The van der Waals surface area contributed by atoms with Crippen LogP contribution in [-0.4, -0.2) is 11.1 Å². The lowest BCUT2D eigenvalue weighted by atomic mass is 10.2. The first-order chi connectivity index (χ1) is 9.60. The van der Waals surface area contributed by atoms with Gasteiger partial charge in [-0.2, -0.15) is 0 Å². The van der Waals surface area contributed by atoms with E-state index in [4.69, 9.17) is 9.90 Å². The summed E-state index contributed by atoms with van der Waals surface area (Å²) in [7, 11) is 0. The summed E-state index contributed by atoms with van der Waals surface area (Å²) < 4.78 is 0. The number of carboxylic acids is 1. The van der Waals surface area contributed by atoms with Gasteiger partial charge in [-0.15, -0.1) is 0 Å². The minimum atomic E-state index is -0.833. The summed E-state index contributed by atoms with van der Waals surface area (Å²) >= 11 is 0. The van der Waals surface area contributed by atoms with E-state index in [2.05, 4.69) is 37.8 Å². The Morgan fingerprint density at radius 3 is 1.70 bits per heavy atom. The molecule has 0 aromatic heterocycles. The van der Waals surface area contributed by atoms with Crippen molar-refractivity contribution in [3.63, 3.8) is 0 Å². The topological polar surface area (TPSA) is 37.3 Å². The van der Waals surface area contributed by atoms with E-state index in [1.54, 1.807) is 0 Å². The molecule has 0 saturated carbocycles. The minimum Gasteiger partial charge on any atom is -0.481 e. The summed E-state index contributed by atoms with van der Waals surface area (Å²) in [5, 5.41) is 7.42. The Hall–Kier alpha value is -2.35. The van der Waals surface area contributed by atoms with Gasteiger partial charge in [0.1, 0.15) is 0 Å². The molecule has 0 spiro atoms. The zero-order valence-corrected chi connectivity index (χ0v) is 12.1. The molecule has 0 aliphatic carbocycles. The Kier molecular flexibility index (Phi) is 10.3. The van der Waals surface area contributed by atoms with Crippen LogP contribution in [0.1, 0.15) is 25.0 Å². The number of rotatable bonds is 2. The zero-order chi connectivity index (χ0) is 15.2. The number of carboxylic acid groups (broad SMARTS) is 1. The normalized spacial score (nSPS) is 8.30. The molecule has 0 saturated heterocycles. The average Bonchev–Trinajstić information content (AvgIpc) is 2.49. The molecule has 0 atom stereocenters. The highest BCUT2D eigenvalue weighted by Gasteiger charge is 1.80. The van der Waals surface area contributed by atoms with Crippen LogP contribution in [-0.2, 0) is 11.2 Å². The highest BCUT2D eigenvalue weighted by atomic mass is 16.4. The largest absolute Gasteiger partial charge is 0.481 e. The molecular formula is C18H22O2. The Labute approximate surface area is 121 Å². The molecule has 106 valence electrons. The minimum absolute atomic E-state index is 0.833. The molecule has 0 unspecified atom stereocenters. The van der Waals surface area contributed by atoms with Crippen LogP contribution in [0.25, 0.3) is 6.08 Å². The van der Waals surface area contributed by atoms with Gasteiger partial charge in [-0.25, -0.2) is 0 Å². The van der Waals surface area contributed by atoms with Crippen LogP contribution in [0.3, 0.4) is 0 Å². The number of hydrogen-bond donors (Lipinski definition) is 1. The number of aliphatic carboxylic acids is 1. The number of hydrogen-bond acceptors (Lipinski definition) is 1. The molecule has 1 N–H and O–H groups in total. The van der Waals surface area contributed by atoms with Gasteiger partial charge < -0.3 is 5.11 Å². The van der Waals surface area contributed by atoms with E-state index in [1.165, 1.54) is 11.1 Å². The maximum absolute atomic E-state index is 9.00. The second-order valence-electron chi connectivity index (χ2n) is 3.97. The van der Waals surface area contributed by atoms with E-state index in [-0.39, 0.29) is 0 Å². The van der Waals surface area contributed by atoms with Crippen molar-refractivity contribution >= 4 is 12.0 Å². The van der Waals surface area contributed by atoms with Crippen LogP contribution in [0.15, 0.2) is 67.2 Å². The van der Waals surface area contributed by atoms with E-state index >= 15 is 0 Å². The predicted molar refractivity (Wildman–Crippen MR) is 85.7 cm³/mol. The van der Waals surface area contributed by atoms with E-state index in [0.29, 0.717) is 0 Å². The van der Waals surface area contributed by atoms with Crippen LogP contribution in [0, 0.1) is 0 Å². The highest BCUT2D eigenvalue weighted by molar-refractivity contribution is 5.62. The summed E-state index contributed by atoms with van der Waals surface area (Å²) in [5.41, 5.74) is 2.58. The molecule has 0 fully saturated rings. The van der Waals surface area contributed by atoms with Crippen molar-refractivity contribution in [1.82, 2.24) is 0 Å². The Morgan fingerprint density at radius 2 is 1.45 bits per heavy atom. The third-order valence-corrected chi connectivity index (χ3v) is 2.29.